The van der Waals surface area contributed by atoms with E-state index in [-0.39, 0.29) is 98.1 Å². The summed E-state index contributed by atoms with van der Waals surface area (Å²) in [6, 6.07) is 101. The zero-order valence-electron chi connectivity index (χ0n) is 77.3. The summed E-state index contributed by atoms with van der Waals surface area (Å²) >= 11 is 0. The van der Waals surface area contributed by atoms with Gasteiger partial charge in [-0.1, -0.05) is 233 Å². The number of hydrogen-bond donors (Lipinski definition) is 9. The maximum atomic E-state index is 5.76. The third kappa shape index (κ3) is 47.7. The SMILES string of the molecule is C1=Cc2cc(nc3cccc(ccc4cccc(c4)[nH]2)c3)N1.C=CC(C)=CC(=C)C=Cc1cccc(Nc2cc(N)ccn2)c1.C=CC(N)=CC(=C)C=Cc1cccc(Nc2cc(C)ccn2)c1.C=C[C-]=CC(=C)C=Cc1cccc(C)c1.C=C[C-]=CC(=C)C=Cc1cccc(N)c1.Cc1c[c-]ccn1.Nc1c[c-]ccn1.[Y].[Y].[Y].[c-]1cccc(C=Cc2cccc(Nc3c[c-]ccn3)c2)c1. The minimum Gasteiger partial charge on any atom is -0.435 e. The topological polar surface area (TPSA) is 245 Å². The molecule has 7 heterocycles. The molecule has 0 saturated carbocycles. The number of nitrogen functional groups attached to an aromatic ring is 3. The Bertz CT molecular complexity index is 6350. The summed E-state index contributed by atoms with van der Waals surface area (Å²) in [6.45, 7) is 38.2. The van der Waals surface area contributed by atoms with Gasteiger partial charge < -0.3 is 64.1 Å². The quantitative estimate of drug-likeness (QED) is 0.0118. The number of fused-ring (bicyclic) bond motifs is 6. The molecule has 0 fully saturated rings. The van der Waals surface area contributed by atoms with Gasteiger partial charge in [0, 0.05) is 186 Å². The number of nitrogens with two attached hydrogens (primary N) is 4. The second-order valence-corrected chi connectivity index (χ2v) is 29.3. The van der Waals surface area contributed by atoms with Crippen LogP contribution in [-0.4, -0.2) is 34.9 Å². The Labute approximate surface area is 879 Å². The molecule has 6 bridgehead atoms. The third-order valence-electron chi connectivity index (χ3n) is 17.9. The van der Waals surface area contributed by atoms with Gasteiger partial charge in [-0.15, -0.1) is 60.2 Å². The number of aromatic nitrogens is 7. The standard InChI is InChI=1S/2C20H21N3.C19H15N3.C19H14N2.C15H15.C14H14N.C6H6N.C5H5N2.3Y/c1-4-18(21)12-15(2)8-9-17-6-5-7-19(14-17)23-20-13-16(3)10-11-22-20;1-4-15(2)12-16(3)8-9-17-6-5-7-19(13-17)23-20-14-18(21)10-11-22-20;1-3-14-7-8-15-4-2-6-17(12-15)22-19-13-18(9-10-20-19)21-16(5-1)11-14;1-2-7-16(8-3-1)12-13-17-9-6-10-18(15-17)21-19-11-4-5-14-20-19;1-4-5-7-13(2)10-11-15-9-6-8-14(3)12-15;1-3-4-6-12(2)9-10-13-7-5-8-14(15)11-13;1-6-4-2-3-5-7-6;6-5-3-1-2-4-7-5;;;/h4-14H,1-2,21H2,3H3,(H,22,23);4-14H,1,3H2,2H3,(H3,21,22,23);1-13,21H,(H,20,22);1-2,5-15H,(H,20,21);4,6-12H,1-2H2,3H3;3,5-11H,1-2,15H2;3-5H,1H3;2-4H,(H2,6,7);;;/q;;;-2;4*-1;;;. The number of nitrogens with one attached hydrogen (secondary N) is 5. The van der Waals surface area contributed by atoms with E-state index in [2.05, 4.69) is 249 Å². The van der Waals surface area contributed by atoms with Crippen LogP contribution in [0.5, 0.6) is 0 Å². The molecule has 8 aromatic carbocycles. The Hall–Kier alpha value is -14.5. The van der Waals surface area contributed by atoms with Gasteiger partial charge in [0.05, 0.1) is 5.52 Å². The van der Waals surface area contributed by atoms with Crippen LogP contribution in [0.2, 0.25) is 0 Å². The van der Waals surface area contributed by atoms with Crippen molar-refractivity contribution in [1.29, 1.82) is 0 Å². The van der Waals surface area contributed by atoms with Crippen molar-refractivity contribution in [2.24, 2.45) is 5.73 Å². The first kappa shape index (κ1) is 112. The van der Waals surface area contributed by atoms with E-state index in [1.807, 2.05) is 245 Å². The molecule has 6 aromatic heterocycles. The maximum Gasteiger partial charge on any atom is 0.132 e. The van der Waals surface area contributed by atoms with Crippen LogP contribution in [0.3, 0.4) is 0 Å². The van der Waals surface area contributed by atoms with Gasteiger partial charge in [-0.2, -0.15) is 122 Å². The van der Waals surface area contributed by atoms with Gasteiger partial charge in [-0.25, -0.2) is 15.0 Å². The number of H-pyrrole nitrogens is 1. The minimum absolute atomic E-state index is 0. The Morgan fingerprint density at radius 1 is 0.404 bits per heavy atom. The Kier molecular flexibility index (Phi) is 53.7. The van der Waals surface area contributed by atoms with E-state index >= 15 is 0 Å². The number of benzene rings is 8. The van der Waals surface area contributed by atoms with E-state index in [0.717, 1.165) is 135 Å². The summed E-state index contributed by atoms with van der Waals surface area (Å²) in [6.07, 6.45) is 52.1. The largest absolute Gasteiger partial charge is 0.435 e. The summed E-state index contributed by atoms with van der Waals surface area (Å²) in [5.41, 5.74) is 45.0. The van der Waals surface area contributed by atoms with Crippen molar-refractivity contribution in [1.82, 2.24) is 34.9 Å². The van der Waals surface area contributed by atoms with Crippen LogP contribution in [0.1, 0.15) is 62.8 Å². The second kappa shape index (κ2) is 65.2. The number of hydrogen-bond acceptors (Lipinski definition) is 14. The minimum atomic E-state index is 0. The smallest absolute Gasteiger partial charge is 0.132 e. The van der Waals surface area contributed by atoms with Crippen molar-refractivity contribution in [2.45, 2.75) is 27.7 Å². The molecule has 1 aliphatic rings. The second-order valence-electron chi connectivity index (χ2n) is 29.3. The molecule has 0 aliphatic carbocycles. The summed E-state index contributed by atoms with van der Waals surface area (Å²) < 4.78 is 0. The molecular weight excluding hydrogens is 1890 g/mol. The number of pyridine rings is 5. The number of anilines is 10. The van der Waals surface area contributed by atoms with Crippen molar-refractivity contribution in [3.8, 4) is 0 Å². The molecule has 673 valence electrons. The number of aryl methyl sites for hydroxylation is 3. The van der Waals surface area contributed by atoms with Crippen LogP contribution >= 0.6 is 0 Å². The maximum absolute atomic E-state index is 5.76. The van der Waals surface area contributed by atoms with Crippen molar-refractivity contribution in [3.05, 3.63) is 562 Å². The molecule has 0 saturated heterocycles. The van der Waals surface area contributed by atoms with Crippen LogP contribution in [0.25, 0.3) is 64.3 Å². The van der Waals surface area contributed by atoms with E-state index in [9.17, 15) is 0 Å². The molecule has 3 radical (unpaired) electrons. The van der Waals surface area contributed by atoms with Gasteiger partial charge in [0.2, 0.25) is 0 Å². The first-order chi connectivity index (χ1) is 64.6. The van der Waals surface area contributed by atoms with Crippen molar-refractivity contribution in [3.63, 3.8) is 0 Å². The molecule has 0 amide bonds. The Morgan fingerprint density at radius 2 is 0.890 bits per heavy atom. The fourth-order valence-corrected chi connectivity index (χ4v) is 11.5. The van der Waals surface area contributed by atoms with E-state index in [4.69, 9.17) is 22.9 Å². The molecular formula is C118H111N15Y3-6. The van der Waals surface area contributed by atoms with Crippen LogP contribution < -0.4 is 44.2 Å². The molecule has 15 rings (SSSR count). The number of aromatic amines is 1. The average molecular weight is 2010 g/mol. The summed E-state index contributed by atoms with van der Waals surface area (Å²) in [5.74, 6) is 3.68. The summed E-state index contributed by atoms with van der Waals surface area (Å²) in [5, 5.41) is 15.3. The predicted octanol–water partition coefficient (Wildman–Crippen LogP) is 28.4. The molecule has 18 heteroatoms. The van der Waals surface area contributed by atoms with Gasteiger partial charge in [0.15, 0.2) is 0 Å². The number of rotatable bonds is 24. The molecule has 136 heavy (non-hydrogen) atoms. The molecule has 13 N–H and O–H groups in total. The fraction of sp³-hybridized carbons (Fsp3) is 0.0339. The van der Waals surface area contributed by atoms with E-state index in [1.165, 1.54) is 16.7 Å². The molecule has 0 unspecified atom stereocenters. The first-order valence-electron chi connectivity index (χ1n) is 42.3. The van der Waals surface area contributed by atoms with E-state index in [0.29, 0.717) is 17.2 Å². The number of allylic oxidation sites excluding steroid dienone is 19. The first-order valence-corrected chi connectivity index (χ1v) is 42.3. The van der Waals surface area contributed by atoms with Crippen LogP contribution in [0, 0.1) is 57.2 Å². The Morgan fingerprint density at radius 3 is 1.40 bits per heavy atom. The molecule has 0 atom stereocenters. The van der Waals surface area contributed by atoms with Crippen LogP contribution in [0.15, 0.2) is 469 Å². The van der Waals surface area contributed by atoms with Gasteiger partial charge in [0.25, 0.3) is 0 Å². The zero-order chi connectivity index (χ0) is 94.8. The predicted molar refractivity (Wildman–Crippen MR) is 569 cm³/mol. The van der Waals surface area contributed by atoms with Gasteiger partial charge in [-0.3, -0.25) is 0 Å². The monoisotopic (exact) mass is 2000 g/mol. The average Bonchev–Trinajstić information content (AvgIpc) is 1.80. The van der Waals surface area contributed by atoms with Crippen LogP contribution in [-0.2, 0) is 98.1 Å². The van der Waals surface area contributed by atoms with Crippen molar-refractivity contribution < 1.29 is 98.1 Å². The van der Waals surface area contributed by atoms with Crippen molar-refractivity contribution in [2.75, 3.05) is 38.5 Å². The van der Waals surface area contributed by atoms with Gasteiger partial charge >= 0.3 is 0 Å². The number of nitrogens with zero attached hydrogens (tertiary/aromatic N) is 6. The molecule has 15 nitrogen and oxygen atoms in total. The zero-order valence-corrected chi connectivity index (χ0v) is 85.8. The van der Waals surface area contributed by atoms with Gasteiger partial charge in [0.1, 0.15) is 17.5 Å². The van der Waals surface area contributed by atoms with Crippen LogP contribution in [0.4, 0.5) is 57.5 Å². The molecule has 14 aromatic rings. The van der Waals surface area contributed by atoms with Crippen molar-refractivity contribution >= 4 is 122 Å². The Balaban J connectivity index is 0.000000280. The van der Waals surface area contributed by atoms with E-state index in [1.54, 1.807) is 104 Å². The fourth-order valence-electron chi connectivity index (χ4n) is 11.5. The third-order valence-corrected chi connectivity index (χ3v) is 17.9. The normalized spacial score (nSPS) is 10.7. The van der Waals surface area contributed by atoms with E-state index < -0.39 is 0 Å². The summed E-state index contributed by atoms with van der Waals surface area (Å²) in [4.78, 5) is 28.5. The summed E-state index contributed by atoms with van der Waals surface area (Å²) in [7, 11) is 0. The molecule has 1 aliphatic heterocycles. The molecule has 0 spiro atoms. The van der Waals surface area contributed by atoms with Gasteiger partial charge in [-0.05, 0) is 185 Å².